The number of halogens is 1. The number of aromatic nitrogens is 1. The zero-order valence-corrected chi connectivity index (χ0v) is 11.6. The number of nitrogens with zero attached hydrogens (tertiary/aromatic N) is 3. The van der Waals surface area contributed by atoms with Crippen LogP contribution in [0.25, 0.3) is 0 Å². The minimum atomic E-state index is -0.743. The van der Waals surface area contributed by atoms with Crippen molar-refractivity contribution in [2.24, 2.45) is 0 Å². The third-order valence-corrected chi connectivity index (χ3v) is 3.11. The summed E-state index contributed by atoms with van der Waals surface area (Å²) in [5, 5.41) is 19.9. The van der Waals surface area contributed by atoms with Gasteiger partial charge in [0.2, 0.25) is 5.15 Å². The van der Waals surface area contributed by atoms with E-state index >= 15 is 0 Å². The van der Waals surface area contributed by atoms with Gasteiger partial charge in [0, 0.05) is 18.9 Å². The predicted molar refractivity (Wildman–Crippen MR) is 76.7 cm³/mol. The Bertz CT molecular complexity index is 703. The lowest BCUT2D eigenvalue weighted by Crippen LogP contribution is -2.27. The predicted octanol–water partition coefficient (Wildman–Crippen LogP) is 2.63. The number of aromatic hydroxyl groups is 1. The summed E-state index contributed by atoms with van der Waals surface area (Å²) in [6.07, 6.45) is 1.23. The molecular weight excluding hydrogens is 298 g/mol. The second-order valence-corrected chi connectivity index (χ2v) is 4.49. The molecule has 1 aromatic carbocycles. The first-order chi connectivity index (χ1) is 9.91. The van der Waals surface area contributed by atoms with Crippen LogP contribution in [-0.2, 0) is 0 Å². The summed E-state index contributed by atoms with van der Waals surface area (Å²) in [5.41, 5.74) is -0.217. The van der Waals surface area contributed by atoms with Gasteiger partial charge in [-0.15, -0.1) is 0 Å². The van der Waals surface area contributed by atoms with E-state index in [-0.39, 0.29) is 16.5 Å². The monoisotopic (exact) mass is 307 g/mol. The molecule has 108 valence electrons. The first-order valence-corrected chi connectivity index (χ1v) is 6.15. The van der Waals surface area contributed by atoms with E-state index in [4.69, 9.17) is 11.6 Å². The molecule has 0 spiro atoms. The highest BCUT2D eigenvalue weighted by molar-refractivity contribution is 6.32. The normalized spacial score (nSPS) is 10.2. The Kier molecular flexibility index (Phi) is 4.04. The molecule has 2 aromatic rings. The van der Waals surface area contributed by atoms with Crippen molar-refractivity contribution >= 4 is 28.9 Å². The van der Waals surface area contributed by atoms with Crippen LogP contribution in [0, 0.1) is 10.1 Å². The molecule has 0 aliphatic carbocycles. The van der Waals surface area contributed by atoms with Gasteiger partial charge in [0.15, 0.2) is 0 Å². The second kappa shape index (κ2) is 5.76. The van der Waals surface area contributed by atoms with Crippen molar-refractivity contribution in [3.63, 3.8) is 0 Å². The molecule has 1 amide bonds. The smallest absolute Gasteiger partial charge is 0.319 e. The first-order valence-electron chi connectivity index (χ1n) is 5.78. The molecule has 0 saturated heterocycles. The Morgan fingerprint density at radius 1 is 1.33 bits per heavy atom. The van der Waals surface area contributed by atoms with E-state index in [1.165, 1.54) is 48.5 Å². The third kappa shape index (κ3) is 2.92. The Morgan fingerprint density at radius 3 is 2.52 bits per heavy atom. The number of phenolic OH excluding ortho intramolecular Hbond substituents is 1. The number of carbonyl (C=O) groups is 1. The minimum Gasteiger partial charge on any atom is -0.508 e. The molecule has 0 unspecified atom stereocenters. The highest BCUT2D eigenvalue weighted by Gasteiger charge is 2.27. The summed E-state index contributed by atoms with van der Waals surface area (Å²) in [5.74, 6) is -0.547. The summed E-state index contributed by atoms with van der Waals surface area (Å²) in [6.45, 7) is 0. The van der Waals surface area contributed by atoms with Crippen LogP contribution in [0.4, 0.5) is 11.4 Å². The van der Waals surface area contributed by atoms with Crippen molar-refractivity contribution in [3.8, 4) is 5.75 Å². The molecule has 0 bridgehead atoms. The maximum atomic E-state index is 12.4. The lowest BCUT2D eigenvalue weighted by molar-refractivity contribution is -0.385. The van der Waals surface area contributed by atoms with Crippen LogP contribution >= 0.6 is 11.6 Å². The number of phenols is 1. The van der Waals surface area contributed by atoms with Crippen molar-refractivity contribution in [1.29, 1.82) is 0 Å². The first kappa shape index (κ1) is 14.7. The Morgan fingerprint density at radius 2 is 1.95 bits per heavy atom. The largest absolute Gasteiger partial charge is 0.508 e. The Labute approximate surface area is 124 Å². The topological polar surface area (TPSA) is 96.6 Å². The number of amides is 1. The van der Waals surface area contributed by atoms with Crippen LogP contribution < -0.4 is 4.90 Å². The molecule has 0 saturated carbocycles. The lowest BCUT2D eigenvalue weighted by Gasteiger charge is -2.17. The van der Waals surface area contributed by atoms with Crippen molar-refractivity contribution in [2.75, 3.05) is 11.9 Å². The number of rotatable bonds is 3. The zero-order chi connectivity index (χ0) is 15.6. The lowest BCUT2D eigenvalue weighted by atomic mass is 10.2. The average molecular weight is 308 g/mol. The summed E-state index contributed by atoms with van der Waals surface area (Å²) >= 11 is 5.68. The van der Waals surface area contributed by atoms with Crippen molar-refractivity contribution in [1.82, 2.24) is 4.98 Å². The molecule has 2 rings (SSSR count). The highest BCUT2D eigenvalue weighted by Crippen LogP contribution is 2.28. The van der Waals surface area contributed by atoms with Crippen molar-refractivity contribution in [3.05, 3.63) is 57.4 Å². The number of nitro groups is 1. The maximum Gasteiger partial charge on any atom is 0.319 e. The Hall–Kier alpha value is -2.67. The molecule has 21 heavy (non-hydrogen) atoms. The summed E-state index contributed by atoms with van der Waals surface area (Å²) < 4.78 is 0. The number of anilines is 1. The molecule has 0 radical (unpaired) electrons. The van der Waals surface area contributed by atoms with Crippen LogP contribution in [0.1, 0.15) is 10.4 Å². The number of hydrogen-bond donors (Lipinski definition) is 1. The van der Waals surface area contributed by atoms with Gasteiger partial charge < -0.3 is 10.0 Å². The summed E-state index contributed by atoms with van der Waals surface area (Å²) in [6, 6.07) is 7.09. The molecule has 7 nitrogen and oxygen atoms in total. The van der Waals surface area contributed by atoms with Gasteiger partial charge in [-0.2, -0.15) is 0 Å². The average Bonchev–Trinajstić information content (AvgIpc) is 2.46. The number of carbonyl (C=O) groups excluding carboxylic acids is 1. The SMILES string of the molecule is CN(C(=O)c1ccnc(Cl)c1[N+](=O)[O-])c1ccc(O)cc1. The second-order valence-electron chi connectivity index (χ2n) is 4.14. The van der Waals surface area contributed by atoms with Gasteiger partial charge in [0.1, 0.15) is 11.3 Å². The summed E-state index contributed by atoms with van der Waals surface area (Å²) in [4.78, 5) is 27.5. The fraction of sp³-hybridized carbons (Fsp3) is 0.0769. The maximum absolute atomic E-state index is 12.4. The molecule has 0 aliphatic rings. The van der Waals surface area contributed by atoms with Gasteiger partial charge in [0.05, 0.1) is 4.92 Å². The van der Waals surface area contributed by atoms with E-state index in [1.807, 2.05) is 0 Å². The third-order valence-electron chi connectivity index (χ3n) is 2.83. The fourth-order valence-electron chi connectivity index (χ4n) is 1.75. The van der Waals surface area contributed by atoms with E-state index < -0.39 is 16.5 Å². The van der Waals surface area contributed by atoms with E-state index in [0.717, 1.165) is 0 Å². The molecule has 1 heterocycles. The van der Waals surface area contributed by atoms with Gasteiger partial charge >= 0.3 is 5.69 Å². The van der Waals surface area contributed by atoms with Crippen LogP contribution in [0.5, 0.6) is 5.75 Å². The van der Waals surface area contributed by atoms with Gasteiger partial charge in [-0.05, 0) is 30.3 Å². The molecule has 0 fully saturated rings. The number of hydrogen-bond acceptors (Lipinski definition) is 5. The van der Waals surface area contributed by atoms with Gasteiger partial charge in [0.25, 0.3) is 5.91 Å². The highest BCUT2D eigenvalue weighted by atomic mass is 35.5. The van der Waals surface area contributed by atoms with Crippen LogP contribution in [0.3, 0.4) is 0 Å². The standard InChI is InChI=1S/C13H10ClN3O4/c1-16(8-2-4-9(18)5-3-8)13(19)10-6-7-15-12(14)11(10)17(20)21/h2-7,18H,1H3. The van der Waals surface area contributed by atoms with Crippen molar-refractivity contribution < 1.29 is 14.8 Å². The van der Waals surface area contributed by atoms with Gasteiger partial charge in [-0.3, -0.25) is 14.9 Å². The van der Waals surface area contributed by atoms with E-state index in [0.29, 0.717) is 5.69 Å². The van der Waals surface area contributed by atoms with Crippen LogP contribution in [0.15, 0.2) is 36.5 Å². The minimum absolute atomic E-state index is 0.0533. The molecule has 0 atom stereocenters. The van der Waals surface area contributed by atoms with Crippen molar-refractivity contribution in [2.45, 2.75) is 0 Å². The fourth-order valence-corrected chi connectivity index (χ4v) is 1.98. The number of pyridine rings is 1. The molecule has 0 aliphatic heterocycles. The van der Waals surface area contributed by atoms with E-state index in [1.54, 1.807) is 0 Å². The molecule has 8 heteroatoms. The summed E-state index contributed by atoms with van der Waals surface area (Å²) in [7, 11) is 1.47. The van der Waals surface area contributed by atoms with E-state index in [2.05, 4.69) is 4.98 Å². The Balaban J connectivity index is 2.43. The number of benzene rings is 1. The molecule has 1 N–H and O–H groups in total. The van der Waals surface area contributed by atoms with Crippen LogP contribution in [0.2, 0.25) is 5.15 Å². The van der Waals surface area contributed by atoms with E-state index in [9.17, 15) is 20.0 Å². The quantitative estimate of drug-likeness (QED) is 0.534. The van der Waals surface area contributed by atoms with Gasteiger partial charge in [-0.25, -0.2) is 4.98 Å². The molecule has 1 aromatic heterocycles. The van der Waals surface area contributed by atoms with Crippen LogP contribution in [-0.4, -0.2) is 28.0 Å². The van der Waals surface area contributed by atoms with Gasteiger partial charge in [-0.1, -0.05) is 11.6 Å². The molecular formula is C13H10ClN3O4. The zero-order valence-electron chi connectivity index (χ0n) is 10.9.